The molecule has 0 aromatic rings. The van der Waals surface area contributed by atoms with Crippen molar-refractivity contribution in [1.82, 2.24) is 5.32 Å². The van der Waals surface area contributed by atoms with Gasteiger partial charge in [0, 0.05) is 34.1 Å². The van der Waals surface area contributed by atoms with Crippen molar-refractivity contribution < 1.29 is 47.7 Å². The van der Waals surface area contributed by atoms with Crippen molar-refractivity contribution in [1.29, 1.82) is 0 Å². The van der Waals surface area contributed by atoms with Gasteiger partial charge in [-0.2, -0.15) is 0 Å². The van der Waals surface area contributed by atoms with Crippen LogP contribution in [0, 0.1) is 0 Å². The Labute approximate surface area is 161 Å². The third-order valence-corrected chi connectivity index (χ3v) is 3.63. The van der Waals surface area contributed by atoms with E-state index in [0.29, 0.717) is 0 Å². The van der Waals surface area contributed by atoms with Gasteiger partial charge in [-0.15, -0.1) is 0 Å². The molecule has 1 aliphatic heterocycles. The Morgan fingerprint density at radius 1 is 0.821 bits per heavy atom. The van der Waals surface area contributed by atoms with Crippen LogP contribution in [0.4, 0.5) is 0 Å². The summed E-state index contributed by atoms with van der Waals surface area (Å²) in [6.07, 6.45) is -4.88. The molecule has 0 aromatic heterocycles. The minimum atomic E-state index is -1.37. The molecular formula is C17H25NO10. The molecule has 0 aliphatic carbocycles. The molecule has 0 bridgehead atoms. The van der Waals surface area contributed by atoms with Crippen LogP contribution in [-0.2, 0) is 47.7 Å². The first-order valence-electron chi connectivity index (χ1n) is 8.65. The summed E-state index contributed by atoms with van der Waals surface area (Å²) in [7, 11) is 0. The second kappa shape index (κ2) is 10.6. The van der Waals surface area contributed by atoms with Gasteiger partial charge in [0.15, 0.2) is 12.2 Å². The van der Waals surface area contributed by atoms with Gasteiger partial charge in [-0.25, -0.2) is 0 Å². The molecule has 1 aliphatic rings. The summed E-state index contributed by atoms with van der Waals surface area (Å²) in [4.78, 5) is 57.8. The summed E-state index contributed by atoms with van der Waals surface area (Å²) < 4.78 is 26.1. The van der Waals surface area contributed by atoms with Crippen LogP contribution in [0.5, 0.6) is 0 Å². The third-order valence-electron chi connectivity index (χ3n) is 3.63. The molecule has 0 radical (unpaired) electrons. The quantitative estimate of drug-likeness (QED) is 0.440. The zero-order chi connectivity index (χ0) is 21.4. The van der Waals surface area contributed by atoms with Gasteiger partial charge < -0.3 is 29.0 Å². The molecule has 1 rings (SSSR count). The first kappa shape index (κ1) is 23.3. The highest BCUT2D eigenvalue weighted by atomic mass is 16.7. The van der Waals surface area contributed by atoms with E-state index in [9.17, 15) is 24.0 Å². The number of ether oxygens (including phenoxy) is 5. The maximum Gasteiger partial charge on any atom is 0.305 e. The molecule has 158 valence electrons. The summed E-state index contributed by atoms with van der Waals surface area (Å²) in [6, 6.07) is -1.15. The highest BCUT2D eigenvalue weighted by Gasteiger charge is 2.52. The van der Waals surface area contributed by atoms with Gasteiger partial charge in [0.2, 0.25) is 12.2 Å². The lowest BCUT2D eigenvalue weighted by Gasteiger charge is -2.44. The number of hydrogen-bond donors (Lipinski definition) is 1. The molecule has 11 nitrogen and oxygen atoms in total. The Hall–Kier alpha value is -2.69. The average molecular weight is 403 g/mol. The summed E-state index contributed by atoms with van der Waals surface area (Å²) in [5.74, 6) is -3.24. The molecular weight excluding hydrogens is 378 g/mol. The van der Waals surface area contributed by atoms with E-state index in [-0.39, 0.29) is 13.0 Å². The smallest absolute Gasteiger partial charge is 0.305 e. The lowest BCUT2D eigenvalue weighted by atomic mass is 9.96. The van der Waals surface area contributed by atoms with Crippen molar-refractivity contribution >= 4 is 29.8 Å². The largest absolute Gasteiger partial charge is 0.463 e. The predicted molar refractivity (Wildman–Crippen MR) is 90.4 cm³/mol. The number of rotatable bonds is 7. The fourth-order valence-corrected chi connectivity index (χ4v) is 2.61. The van der Waals surface area contributed by atoms with Gasteiger partial charge >= 0.3 is 23.9 Å². The Bertz CT molecular complexity index is 619. The van der Waals surface area contributed by atoms with Gasteiger partial charge in [-0.1, -0.05) is 6.92 Å². The van der Waals surface area contributed by atoms with Crippen molar-refractivity contribution in [2.75, 3.05) is 6.61 Å². The van der Waals surface area contributed by atoms with Crippen LogP contribution in [0.15, 0.2) is 0 Å². The van der Waals surface area contributed by atoms with E-state index < -0.39 is 60.4 Å². The Kier molecular flexibility index (Phi) is 8.83. The Balaban J connectivity index is 3.31. The molecule has 5 atom stereocenters. The average Bonchev–Trinajstić information content (AvgIpc) is 2.56. The summed E-state index contributed by atoms with van der Waals surface area (Å²) in [6.45, 7) is 5.78. The minimum Gasteiger partial charge on any atom is -0.463 e. The van der Waals surface area contributed by atoms with E-state index in [0.717, 1.165) is 20.8 Å². The summed E-state index contributed by atoms with van der Waals surface area (Å²) >= 11 is 0. The number of carbonyl (C=O) groups excluding carboxylic acids is 5. The van der Waals surface area contributed by atoms with Crippen LogP contribution in [0.1, 0.15) is 41.0 Å². The van der Waals surface area contributed by atoms with Crippen molar-refractivity contribution in [3.05, 3.63) is 0 Å². The third kappa shape index (κ3) is 7.14. The van der Waals surface area contributed by atoms with Crippen molar-refractivity contribution in [2.24, 2.45) is 0 Å². The highest BCUT2D eigenvalue weighted by molar-refractivity contribution is 5.76. The maximum absolute atomic E-state index is 11.9. The fourth-order valence-electron chi connectivity index (χ4n) is 2.61. The number of esters is 4. The van der Waals surface area contributed by atoms with Crippen molar-refractivity contribution in [3.8, 4) is 0 Å². The lowest BCUT2D eigenvalue weighted by molar-refractivity contribution is -0.271. The summed E-state index contributed by atoms with van der Waals surface area (Å²) in [5.41, 5.74) is 0. The van der Waals surface area contributed by atoms with E-state index in [4.69, 9.17) is 23.7 Å². The molecule has 0 spiro atoms. The molecule has 1 heterocycles. The minimum absolute atomic E-state index is 0.0885. The van der Waals surface area contributed by atoms with Crippen LogP contribution in [-0.4, -0.2) is 67.0 Å². The molecule has 0 unspecified atom stereocenters. The number of nitrogens with one attached hydrogen (secondary N) is 1. The van der Waals surface area contributed by atoms with E-state index in [1.807, 2.05) is 0 Å². The zero-order valence-corrected chi connectivity index (χ0v) is 16.4. The molecule has 1 fully saturated rings. The molecule has 1 amide bonds. The standard InChI is InChI=1S/C17H25NO10/c1-6-13(23)18-14-16(26-10(4)21)15(25-9(3)20)12(7-24-8(2)19)28-17(14)27-11(5)22/h12,14-17H,6-7H2,1-5H3,(H,18,23)/t12-,14-,15+,16-,17+/m1/s1. The van der Waals surface area contributed by atoms with Crippen LogP contribution in [0.25, 0.3) is 0 Å². The maximum atomic E-state index is 11.9. The fraction of sp³-hybridized carbons (Fsp3) is 0.706. The Morgan fingerprint density at radius 2 is 1.36 bits per heavy atom. The molecule has 11 heteroatoms. The van der Waals surface area contributed by atoms with Crippen LogP contribution in [0.2, 0.25) is 0 Å². The summed E-state index contributed by atoms with van der Waals surface area (Å²) in [5, 5.41) is 2.55. The number of carbonyl (C=O) groups is 5. The van der Waals surface area contributed by atoms with Crippen molar-refractivity contribution in [3.63, 3.8) is 0 Å². The number of hydrogen-bond acceptors (Lipinski definition) is 10. The topological polar surface area (TPSA) is 144 Å². The molecule has 28 heavy (non-hydrogen) atoms. The SMILES string of the molecule is CCC(=O)N[C@H]1[C@@H](OC(C)=O)O[C@H](COC(C)=O)[C@H](OC(C)=O)[C@@H]1OC(C)=O. The second-order valence-corrected chi connectivity index (χ2v) is 6.05. The van der Waals surface area contributed by atoms with Gasteiger partial charge in [-0.05, 0) is 0 Å². The van der Waals surface area contributed by atoms with Crippen LogP contribution < -0.4 is 5.32 Å². The highest BCUT2D eigenvalue weighted by Crippen LogP contribution is 2.28. The van der Waals surface area contributed by atoms with E-state index in [2.05, 4.69) is 5.32 Å². The van der Waals surface area contributed by atoms with E-state index in [1.165, 1.54) is 6.92 Å². The molecule has 1 saturated heterocycles. The van der Waals surface area contributed by atoms with Gasteiger partial charge in [-0.3, -0.25) is 24.0 Å². The second-order valence-electron chi connectivity index (χ2n) is 6.05. The lowest BCUT2D eigenvalue weighted by Crippen LogP contribution is -2.66. The van der Waals surface area contributed by atoms with E-state index in [1.54, 1.807) is 6.92 Å². The number of amides is 1. The van der Waals surface area contributed by atoms with Crippen LogP contribution in [0.3, 0.4) is 0 Å². The molecule has 0 aromatic carbocycles. The van der Waals surface area contributed by atoms with Gasteiger partial charge in [0.25, 0.3) is 0 Å². The predicted octanol–water partition coefficient (Wildman–Crippen LogP) is -0.404. The molecule has 0 saturated carbocycles. The Morgan fingerprint density at radius 3 is 1.82 bits per heavy atom. The van der Waals surface area contributed by atoms with Gasteiger partial charge in [0.1, 0.15) is 18.8 Å². The first-order chi connectivity index (χ1) is 13.0. The van der Waals surface area contributed by atoms with Crippen LogP contribution >= 0.6 is 0 Å². The first-order valence-corrected chi connectivity index (χ1v) is 8.65. The molecule has 1 N–H and O–H groups in total. The van der Waals surface area contributed by atoms with Gasteiger partial charge in [0.05, 0.1) is 0 Å². The monoisotopic (exact) mass is 403 g/mol. The van der Waals surface area contributed by atoms with Crippen molar-refractivity contribution in [2.45, 2.75) is 71.7 Å². The zero-order valence-electron chi connectivity index (χ0n) is 16.4. The van der Waals surface area contributed by atoms with E-state index >= 15 is 0 Å². The normalized spacial score (nSPS) is 26.5.